The summed E-state index contributed by atoms with van der Waals surface area (Å²) in [5.74, 6) is 0.790. The summed E-state index contributed by atoms with van der Waals surface area (Å²) in [4.78, 5) is 12.7. The standard InChI is InChI=1S/C18H26O3/c1-3-16(17(19)13-7-5-4-6-8-13)18(20)14-9-11-15(21-2)12-10-14/h9-13,16-17,19H,3-8H2,1-2H3/t16-,17+/m1/s1. The Hall–Kier alpha value is -1.35. The van der Waals surface area contributed by atoms with Crippen LogP contribution in [-0.4, -0.2) is 24.1 Å². The van der Waals surface area contributed by atoms with Crippen LogP contribution < -0.4 is 4.74 Å². The number of carbonyl (C=O) groups is 1. The Morgan fingerprint density at radius 2 is 1.86 bits per heavy atom. The van der Waals surface area contributed by atoms with Gasteiger partial charge in [0.05, 0.1) is 13.2 Å². The van der Waals surface area contributed by atoms with Crippen LogP contribution >= 0.6 is 0 Å². The van der Waals surface area contributed by atoms with E-state index < -0.39 is 6.10 Å². The SMILES string of the molecule is CC[C@@H](C(=O)c1ccc(OC)cc1)[C@@H](O)C1CCCCC1. The van der Waals surface area contributed by atoms with E-state index in [9.17, 15) is 9.90 Å². The quantitative estimate of drug-likeness (QED) is 0.810. The fraction of sp³-hybridized carbons (Fsp3) is 0.611. The average molecular weight is 290 g/mol. The lowest BCUT2D eigenvalue weighted by Gasteiger charge is -2.31. The summed E-state index contributed by atoms with van der Waals surface area (Å²) in [5, 5.41) is 10.6. The van der Waals surface area contributed by atoms with Gasteiger partial charge in [0.1, 0.15) is 5.75 Å². The number of aliphatic hydroxyl groups is 1. The molecule has 0 amide bonds. The summed E-state index contributed by atoms with van der Waals surface area (Å²) in [5.41, 5.74) is 0.664. The normalized spacial score (nSPS) is 19.0. The Morgan fingerprint density at radius 1 is 1.24 bits per heavy atom. The number of ether oxygens (including phenoxy) is 1. The van der Waals surface area contributed by atoms with Crippen LogP contribution in [0.4, 0.5) is 0 Å². The first-order valence-electron chi connectivity index (χ1n) is 8.03. The van der Waals surface area contributed by atoms with Crippen molar-refractivity contribution in [2.24, 2.45) is 11.8 Å². The van der Waals surface area contributed by atoms with Gasteiger partial charge in [-0.25, -0.2) is 0 Å². The van der Waals surface area contributed by atoms with Crippen molar-refractivity contribution < 1.29 is 14.6 Å². The van der Waals surface area contributed by atoms with Gasteiger partial charge in [-0.2, -0.15) is 0 Å². The molecule has 0 radical (unpaired) electrons. The van der Waals surface area contributed by atoms with Gasteiger partial charge in [0.2, 0.25) is 0 Å². The maximum atomic E-state index is 12.7. The third-order valence-corrected chi connectivity index (χ3v) is 4.70. The summed E-state index contributed by atoms with van der Waals surface area (Å²) in [6.07, 6.45) is 5.88. The van der Waals surface area contributed by atoms with Crippen molar-refractivity contribution in [3.05, 3.63) is 29.8 Å². The Bertz CT molecular complexity index is 446. The topological polar surface area (TPSA) is 46.5 Å². The molecule has 1 N–H and O–H groups in total. The Balaban J connectivity index is 2.09. The third kappa shape index (κ3) is 3.85. The van der Waals surface area contributed by atoms with Crippen LogP contribution in [0.5, 0.6) is 5.75 Å². The zero-order valence-corrected chi connectivity index (χ0v) is 13.0. The van der Waals surface area contributed by atoms with Crippen molar-refractivity contribution in [3.63, 3.8) is 0 Å². The molecule has 0 aromatic heterocycles. The number of methoxy groups -OCH3 is 1. The van der Waals surface area contributed by atoms with Crippen LogP contribution in [-0.2, 0) is 0 Å². The van der Waals surface area contributed by atoms with Gasteiger partial charge >= 0.3 is 0 Å². The van der Waals surface area contributed by atoms with Crippen LogP contribution in [0.15, 0.2) is 24.3 Å². The van der Waals surface area contributed by atoms with Gasteiger partial charge in [0, 0.05) is 11.5 Å². The summed E-state index contributed by atoms with van der Waals surface area (Å²) in [7, 11) is 1.61. The minimum Gasteiger partial charge on any atom is -0.497 e. The molecule has 0 unspecified atom stereocenters. The molecule has 0 heterocycles. The highest BCUT2D eigenvalue weighted by molar-refractivity contribution is 5.98. The van der Waals surface area contributed by atoms with E-state index in [1.54, 1.807) is 31.4 Å². The predicted octanol–water partition coefficient (Wildman–Crippen LogP) is 3.85. The molecule has 116 valence electrons. The Morgan fingerprint density at radius 3 is 2.38 bits per heavy atom. The van der Waals surface area contributed by atoms with Gasteiger partial charge in [-0.05, 0) is 49.4 Å². The van der Waals surface area contributed by atoms with Crippen molar-refractivity contribution >= 4 is 5.78 Å². The molecule has 2 rings (SSSR count). The molecule has 3 heteroatoms. The molecule has 1 aromatic rings. The summed E-state index contributed by atoms with van der Waals surface area (Å²) in [6, 6.07) is 7.18. The van der Waals surface area contributed by atoms with Crippen molar-refractivity contribution in [1.29, 1.82) is 0 Å². The van der Waals surface area contributed by atoms with Crippen LogP contribution in [0.1, 0.15) is 55.8 Å². The van der Waals surface area contributed by atoms with E-state index in [1.807, 2.05) is 6.92 Å². The molecule has 0 bridgehead atoms. The Labute approximate surface area is 127 Å². The molecule has 3 nitrogen and oxygen atoms in total. The highest BCUT2D eigenvalue weighted by atomic mass is 16.5. The minimum absolute atomic E-state index is 0.0539. The number of ketones is 1. The lowest BCUT2D eigenvalue weighted by molar-refractivity contribution is 0.0299. The fourth-order valence-electron chi connectivity index (χ4n) is 3.36. The molecule has 1 aliphatic carbocycles. The van der Waals surface area contributed by atoms with Gasteiger partial charge < -0.3 is 9.84 Å². The molecule has 1 aromatic carbocycles. The molecule has 0 spiro atoms. The zero-order chi connectivity index (χ0) is 15.2. The van der Waals surface area contributed by atoms with Gasteiger partial charge in [0.15, 0.2) is 5.78 Å². The predicted molar refractivity (Wildman–Crippen MR) is 83.7 cm³/mol. The number of aliphatic hydroxyl groups excluding tert-OH is 1. The van der Waals surface area contributed by atoms with Crippen molar-refractivity contribution in [1.82, 2.24) is 0 Å². The Kier molecular flexibility index (Phi) is 5.80. The molecule has 1 fully saturated rings. The monoisotopic (exact) mass is 290 g/mol. The molecule has 21 heavy (non-hydrogen) atoms. The van der Waals surface area contributed by atoms with Gasteiger partial charge in [-0.15, -0.1) is 0 Å². The number of rotatable bonds is 6. The summed E-state index contributed by atoms with van der Waals surface area (Å²) >= 11 is 0. The highest BCUT2D eigenvalue weighted by Gasteiger charge is 2.32. The first-order valence-corrected chi connectivity index (χ1v) is 8.03. The van der Waals surface area contributed by atoms with E-state index in [-0.39, 0.29) is 17.6 Å². The van der Waals surface area contributed by atoms with Crippen LogP contribution in [0, 0.1) is 11.8 Å². The smallest absolute Gasteiger partial charge is 0.168 e. The molecular formula is C18H26O3. The molecule has 1 saturated carbocycles. The summed E-state index contributed by atoms with van der Waals surface area (Å²) in [6.45, 7) is 1.98. The number of hydrogen-bond acceptors (Lipinski definition) is 3. The van der Waals surface area contributed by atoms with Gasteiger partial charge in [0.25, 0.3) is 0 Å². The van der Waals surface area contributed by atoms with Crippen LogP contribution in [0.3, 0.4) is 0 Å². The van der Waals surface area contributed by atoms with Crippen molar-refractivity contribution in [2.75, 3.05) is 7.11 Å². The number of carbonyl (C=O) groups excluding carboxylic acids is 1. The van der Waals surface area contributed by atoms with E-state index in [0.717, 1.165) is 18.6 Å². The van der Waals surface area contributed by atoms with E-state index in [2.05, 4.69) is 0 Å². The molecule has 2 atom stereocenters. The largest absolute Gasteiger partial charge is 0.497 e. The number of Topliss-reactive ketones (excluding diaryl/α,β-unsaturated/α-hetero) is 1. The van der Waals surface area contributed by atoms with E-state index >= 15 is 0 Å². The van der Waals surface area contributed by atoms with Crippen molar-refractivity contribution in [2.45, 2.75) is 51.6 Å². The molecular weight excluding hydrogens is 264 g/mol. The van der Waals surface area contributed by atoms with E-state index in [0.29, 0.717) is 12.0 Å². The fourth-order valence-corrected chi connectivity index (χ4v) is 3.36. The third-order valence-electron chi connectivity index (χ3n) is 4.70. The maximum absolute atomic E-state index is 12.7. The number of hydrogen-bond donors (Lipinski definition) is 1. The van der Waals surface area contributed by atoms with Gasteiger partial charge in [-0.1, -0.05) is 26.2 Å². The highest BCUT2D eigenvalue weighted by Crippen LogP contribution is 2.32. The lowest BCUT2D eigenvalue weighted by atomic mass is 9.77. The minimum atomic E-state index is -0.509. The second-order valence-corrected chi connectivity index (χ2v) is 6.00. The lowest BCUT2D eigenvalue weighted by Crippen LogP contribution is -2.35. The van der Waals surface area contributed by atoms with Crippen molar-refractivity contribution in [3.8, 4) is 5.75 Å². The molecule has 1 aliphatic rings. The second kappa shape index (κ2) is 7.60. The first kappa shape index (κ1) is 16.0. The van der Waals surface area contributed by atoms with E-state index in [4.69, 9.17) is 4.74 Å². The first-order chi connectivity index (χ1) is 10.2. The summed E-state index contributed by atoms with van der Waals surface area (Å²) < 4.78 is 5.12. The second-order valence-electron chi connectivity index (χ2n) is 6.00. The number of benzene rings is 1. The van der Waals surface area contributed by atoms with E-state index in [1.165, 1.54) is 19.3 Å². The van der Waals surface area contributed by atoms with Crippen LogP contribution in [0.2, 0.25) is 0 Å². The zero-order valence-electron chi connectivity index (χ0n) is 13.0. The molecule has 0 saturated heterocycles. The molecule has 0 aliphatic heterocycles. The van der Waals surface area contributed by atoms with Gasteiger partial charge in [-0.3, -0.25) is 4.79 Å². The maximum Gasteiger partial charge on any atom is 0.168 e. The van der Waals surface area contributed by atoms with Crippen LogP contribution in [0.25, 0.3) is 0 Å². The average Bonchev–Trinajstić information content (AvgIpc) is 2.56.